The highest BCUT2D eigenvalue weighted by Crippen LogP contribution is 2.51. The Morgan fingerprint density at radius 3 is 1.20 bits per heavy atom. The molecule has 406 valence electrons. The Bertz CT molecular complexity index is 2870. The molecule has 75 heavy (non-hydrogen) atoms. The third-order valence-electron chi connectivity index (χ3n) is 17.8. The molecule has 9 heteroatoms. The van der Waals surface area contributed by atoms with Crippen LogP contribution < -0.4 is 0 Å². The van der Waals surface area contributed by atoms with Gasteiger partial charge in [-0.2, -0.15) is 0 Å². The first-order valence-corrected chi connectivity index (χ1v) is 33.8. The summed E-state index contributed by atoms with van der Waals surface area (Å²) in [4.78, 5) is 1.65. The topological polar surface area (TPSA) is 102 Å². The van der Waals surface area contributed by atoms with Gasteiger partial charge in [-0.05, 0) is 151 Å². The maximum atomic E-state index is 13.2. The van der Waals surface area contributed by atoms with Crippen LogP contribution in [0, 0.1) is 16.2 Å². The largest absolute Gasteiger partial charge is 0.224 e. The summed E-state index contributed by atoms with van der Waals surface area (Å²) in [6, 6.07) is 43.8. The van der Waals surface area contributed by atoms with E-state index in [0.29, 0.717) is 20.4 Å². The standard InChI is InChI=1S/C22H32O2S.2C22H28O2S/c3*1-3-5-15-22(4-2)16-20(18-11-7-6-8-12-18)19-13-9-10-14-21(19)25(23,24)17-22/h9-10,13-14H,3-8,11-12,15-17H2,1-2H3;2*6-14,20H,3-5,15-17H2,1-2H3/t;2*20?,22-/m.00/s1. The van der Waals surface area contributed by atoms with Crippen LogP contribution >= 0.6 is 0 Å². The highest BCUT2D eigenvalue weighted by molar-refractivity contribution is 7.92. The third kappa shape index (κ3) is 13.9. The first-order chi connectivity index (χ1) is 36.0. The average molecular weight is 1070 g/mol. The number of hydrogen-bond donors (Lipinski definition) is 0. The van der Waals surface area contributed by atoms with E-state index in [9.17, 15) is 25.3 Å². The van der Waals surface area contributed by atoms with Gasteiger partial charge in [0, 0.05) is 11.8 Å². The minimum absolute atomic E-state index is 0.104. The van der Waals surface area contributed by atoms with Gasteiger partial charge in [-0.15, -0.1) is 0 Å². The second-order valence-corrected chi connectivity index (χ2v) is 28.7. The SMILES string of the molecule is CCCCC1(CC)CC(=C2CCCCC2)c2ccccc2S(=O)(=O)C1.CCCC[C@@]1(CC)CC(c2ccccc2)c2ccccc2S(=O)(=O)C1.CCCC[C@@]1(CC)CC(c2ccccc2)c2ccccc2S(=O)(=O)C1. The molecule has 0 aromatic heterocycles. The Morgan fingerprint density at radius 1 is 0.413 bits per heavy atom. The molecule has 5 atom stereocenters. The molecule has 0 spiro atoms. The van der Waals surface area contributed by atoms with Crippen LogP contribution in [0.1, 0.15) is 210 Å². The van der Waals surface area contributed by atoms with Crippen molar-refractivity contribution < 1.29 is 25.3 Å². The van der Waals surface area contributed by atoms with Crippen LogP contribution in [0.4, 0.5) is 0 Å². The fourth-order valence-corrected chi connectivity index (χ4v) is 20.0. The lowest BCUT2D eigenvalue weighted by atomic mass is 9.71. The molecule has 5 aromatic carbocycles. The van der Waals surface area contributed by atoms with Crippen molar-refractivity contribution in [3.63, 3.8) is 0 Å². The fraction of sp³-hybridized carbons (Fsp3) is 0.515. The number of fused-ring (bicyclic) bond motifs is 3. The summed E-state index contributed by atoms with van der Waals surface area (Å²) in [6.45, 7) is 13.1. The van der Waals surface area contributed by atoms with Gasteiger partial charge in [-0.3, -0.25) is 0 Å². The zero-order valence-electron chi connectivity index (χ0n) is 46.3. The number of benzene rings is 5. The summed E-state index contributed by atoms with van der Waals surface area (Å²) < 4.78 is 79.3. The monoisotopic (exact) mass is 1070 g/mol. The van der Waals surface area contributed by atoms with E-state index in [1.807, 2.05) is 66.7 Å². The molecule has 5 aromatic rings. The molecule has 1 saturated carbocycles. The third-order valence-corrected chi connectivity index (χ3v) is 23.9. The maximum absolute atomic E-state index is 13.2. The quantitative estimate of drug-likeness (QED) is 0.110. The molecule has 0 N–H and O–H groups in total. The summed E-state index contributed by atoms with van der Waals surface area (Å²) >= 11 is 0. The van der Waals surface area contributed by atoms with E-state index < -0.39 is 29.5 Å². The molecule has 1 aliphatic carbocycles. The molecule has 0 radical (unpaired) electrons. The van der Waals surface area contributed by atoms with E-state index in [1.54, 1.807) is 12.1 Å². The molecule has 0 saturated heterocycles. The van der Waals surface area contributed by atoms with Crippen molar-refractivity contribution in [2.75, 3.05) is 17.3 Å². The lowest BCUT2D eigenvalue weighted by Crippen LogP contribution is -2.29. The first kappa shape index (κ1) is 58.4. The lowest BCUT2D eigenvalue weighted by molar-refractivity contribution is 0.247. The summed E-state index contributed by atoms with van der Waals surface area (Å²) in [5, 5.41) is 0. The van der Waals surface area contributed by atoms with Gasteiger partial charge in [0.15, 0.2) is 29.5 Å². The van der Waals surface area contributed by atoms with Crippen molar-refractivity contribution in [3.05, 3.63) is 167 Å². The van der Waals surface area contributed by atoms with E-state index in [1.165, 1.54) is 41.5 Å². The van der Waals surface area contributed by atoms with E-state index in [4.69, 9.17) is 0 Å². The van der Waals surface area contributed by atoms with Crippen molar-refractivity contribution in [2.24, 2.45) is 16.2 Å². The Balaban J connectivity index is 0.000000164. The molecule has 0 amide bonds. The van der Waals surface area contributed by atoms with Crippen LogP contribution in [0.3, 0.4) is 0 Å². The van der Waals surface area contributed by atoms with Crippen LogP contribution in [0.25, 0.3) is 5.57 Å². The maximum Gasteiger partial charge on any atom is 0.179 e. The van der Waals surface area contributed by atoms with Crippen LogP contribution in [-0.4, -0.2) is 42.5 Å². The summed E-state index contributed by atoms with van der Waals surface area (Å²) in [5.74, 6) is 1.15. The lowest BCUT2D eigenvalue weighted by Gasteiger charge is -2.34. The highest BCUT2D eigenvalue weighted by Gasteiger charge is 2.44. The van der Waals surface area contributed by atoms with Crippen molar-refractivity contribution >= 4 is 35.1 Å². The molecule has 3 unspecified atom stereocenters. The Kier molecular flexibility index (Phi) is 20.2. The van der Waals surface area contributed by atoms with E-state index >= 15 is 0 Å². The molecule has 1 fully saturated rings. The molecule has 3 aliphatic heterocycles. The van der Waals surface area contributed by atoms with Crippen molar-refractivity contribution in [1.82, 2.24) is 0 Å². The zero-order valence-corrected chi connectivity index (χ0v) is 48.7. The predicted molar refractivity (Wildman–Crippen MR) is 313 cm³/mol. The van der Waals surface area contributed by atoms with Gasteiger partial charge in [0.1, 0.15) is 0 Å². The fourth-order valence-electron chi connectivity index (χ4n) is 13.2. The smallest absolute Gasteiger partial charge is 0.179 e. The molecular weight excluding hydrogens is 985 g/mol. The minimum atomic E-state index is -3.27. The van der Waals surface area contributed by atoms with Gasteiger partial charge in [-0.1, -0.05) is 207 Å². The Morgan fingerprint density at radius 2 is 0.773 bits per heavy atom. The molecule has 3 heterocycles. The van der Waals surface area contributed by atoms with Gasteiger partial charge in [0.05, 0.1) is 31.9 Å². The zero-order chi connectivity index (χ0) is 53.7. The molecule has 6 nitrogen and oxygen atoms in total. The van der Waals surface area contributed by atoms with Gasteiger partial charge >= 0.3 is 0 Å². The van der Waals surface area contributed by atoms with Crippen LogP contribution in [-0.2, 0) is 29.5 Å². The summed E-state index contributed by atoms with van der Waals surface area (Å²) in [7, 11) is -9.77. The predicted octanol–water partition coefficient (Wildman–Crippen LogP) is 17.3. The van der Waals surface area contributed by atoms with Gasteiger partial charge in [-0.25, -0.2) is 25.3 Å². The number of rotatable bonds is 14. The van der Waals surface area contributed by atoms with Crippen molar-refractivity contribution in [3.8, 4) is 0 Å². The number of hydrogen-bond acceptors (Lipinski definition) is 6. The minimum Gasteiger partial charge on any atom is -0.224 e. The Labute approximate surface area is 454 Å². The first-order valence-electron chi connectivity index (χ1n) is 28.8. The number of allylic oxidation sites excluding steroid dienone is 2. The summed E-state index contributed by atoms with van der Waals surface area (Å²) in [5.41, 5.74) is 7.91. The van der Waals surface area contributed by atoms with Crippen molar-refractivity contribution in [2.45, 2.75) is 196 Å². The second-order valence-electron chi connectivity index (χ2n) is 22.9. The summed E-state index contributed by atoms with van der Waals surface area (Å²) in [6.07, 6.45) is 21.2. The van der Waals surface area contributed by atoms with Crippen LogP contribution in [0.15, 0.2) is 154 Å². The second kappa shape index (κ2) is 25.9. The van der Waals surface area contributed by atoms with Crippen LogP contribution in [0.2, 0.25) is 0 Å². The van der Waals surface area contributed by atoms with E-state index in [2.05, 4.69) is 96.1 Å². The van der Waals surface area contributed by atoms with Crippen molar-refractivity contribution in [1.29, 1.82) is 0 Å². The van der Waals surface area contributed by atoms with Gasteiger partial charge < -0.3 is 0 Å². The number of sulfone groups is 3. The molecule has 9 rings (SSSR count). The highest BCUT2D eigenvalue weighted by atomic mass is 32.2. The molecule has 0 bridgehead atoms. The average Bonchev–Trinajstić information content (AvgIpc) is 3.67. The molecule has 4 aliphatic rings. The molecular formula is C66H88O6S3. The van der Waals surface area contributed by atoms with Gasteiger partial charge in [0.25, 0.3) is 0 Å². The van der Waals surface area contributed by atoms with Crippen LogP contribution in [0.5, 0.6) is 0 Å². The van der Waals surface area contributed by atoms with E-state index in [-0.39, 0.29) is 39.6 Å². The van der Waals surface area contributed by atoms with Gasteiger partial charge in [0.2, 0.25) is 0 Å². The number of unbranched alkanes of at least 4 members (excludes halogenated alkanes) is 3. The van der Waals surface area contributed by atoms with E-state index in [0.717, 1.165) is 126 Å². The Hall–Kier alpha value is -4.31. The normalized spacial score (nSPS) is 25.5.